The van der Waals surface area contributed by atoms with Crippen LogP contribution < -0.4 is 10.2 Å². The predicted octanol–water partition coefficient (Wildman–Crippen LogP) is 2.56. The van der Waals surface area contributed by atoms with Gasteiger partial charge in [-0.25, -0.2) is 0 Å². The van der Waals surface area contributed by atoms with Crippen LogP contribution in [-0.4, -0.2) is 45.7 Å². The maximum Gasteiger partial charge on any atom is 0.0410 e. The lowest BCUT2D eigenvalue weighted by Crippen LogP contribution is -2.29. The Morgan fingerprint density at radius 2 is 1.89 bits per heavy atom. The van der Waals surface area contributed by atoms with E-state index in [0.29, 0.717) is 0 Å². The van der Waals surface area contributed by atoms with E-state index in [1.165, 1.54) is 11.3 Å². The molecule has 0 bridgehead atoms. The van der Waals surface area contributed by atoms with Crippen molar-refractivity contribution in [1.82, 2.24) is 10.2 Å². The third kappa shape index (κ3) is 4.96. The molecule has 0 fully saturated rings. The molecule has 0 spiro atoms. The van der Waals surface area contributed by atoms with Gasteiger partial charge in [0.2, 0.25) is 0 Å². The molecule has 0 unspecified atom stereocenters. The minimum absolute atomic E-state index is 0.914. The van der Waals surface area contributed by atoms with Crippen LogP contribution in [0.3, 0.4) is 0 Å². The van der Waals surface area contributed by atoms with Crippen molar-refractivity contribution in [2.45, 2.75) is 13.5 Å². The van der Waals surface area contributed by atoms with Crippen LogP contribution in [0.25, 0.3) is 0 Å². The number of likely N-dealkylation sites (N-methyl/N-ethyl adjacent to an activating group) is 2. The molecule has 1 aromatic rings. The summed E-state index contributed by atoms with van der Waals surface area (Å²) in [5.74, 6) is 0. The largest absolute Gasteiger partial charge is 0.373 e. The highest BCUT2D eigenvalue weighted by molar-refractivity contribution is 9.10. The third-order valence-corrected chi connectivity index (χ3v) is 3.39. The molecular formula is C14H24BrN3. The summed E-state index contributed by atoms with van der Waals surface area (Å²) in [7, 11) is 6.37. The second kappa shape index (κ2) is 7.77. The fourth-order valence-corrected chi connectivity index (χ4v) is 2.21. The Labute approximate surface area is 119 Å². The Kier molecular flexibility index (Phi) is 6.68. The Bertz CT molecular complexity index is 366. The molecular weight excluding hydrogens is 290 g/mol. The maximum atomic E-state index is 3.55. The van der Waals surface area contributed by atoms with Gasteiger partial charge in [0.05, 0.1) is 0 Å². The maximum absolute atomic E-state index is 3.55. The monoisotopic (exact) mass is 313 g/mol. The van der Waals surface area contributed by atoms with Crippen LogP contribution in [0.2, 0.25) is 0 Å². The number of nitrogens with zero attached hydrogens (tertiary/aromatic N) is 2. The topological polar surface area (TPSA) is 18.5 Å². The van der Waals surface area contributed by atoms with Gasteiger partial charge in [-0.3, -0.25) is 0 Å². The van der Waals surface area contributed by atoms with Gasteiger partial charge in [0, 0.05) is 36.8 Å². The van der Waals surface area contributed by atoms with Crippen LogP contribution in [-0.2, 0) is 6.54 Å². The number of benzene rings is 1. The van der Waals surface area contributed by atoms with E-state index in [4.69, 9.17) is 0 Å². The van der Waals surface area contributed by atoms with Crippen LogP contribution in [0, 0.1) is 0 Å². The number of hydrogen-bond donors (Lipinski definition) is 1. The minimum Gasteiger partial charge on any atom is -0.373 e. The quantitative estimate of drug-likeness (QED) is 0.834. The second-order valence-corrected chi connectivity index (χ2v) is 5.69. The van der Waals surface area contributed by atoms with E-state index < -0.39 is 0 Å². The number of rotatable bonds is 7. The first-order valence-electron chi connectivity index (χ1n) is 6.39. The summed E-state index contributed by atoms with van der Waals surface area (Å²) in [4.78, 5) is 4.53. The Morgan fingerprint density at radius 1 is 1.17 bits per heavy atom. The van der Waals surface area contributed by atoms with Gasteiger partial charge in [-0.1, -0.05) is 22.9 Å². The Hall–Kier alpha value is -0.580. The van der Waals surface area contributed by atoms with Gasteiger partial charge < -0.3 is 15.1 Å². The standard InChI is InChI=1S/C14H24BrN3/c1-5-16-11-12-10-13(15)6-7-14(12)18(4)9-8-17(2)3/h6-7,10,16H,5,8-9,11H2,1-4H3. The van der Waals surface area contributed by atoms with Crippen molar-refractivity contribution in [3.63, 3.8) is 0 Å². The molecule has 0 heterocycles. The smallest absolute Gasteiger partial charge is 0.0410 e. The van der Waals surface area contributed by atoms with Crippen molar-refractivity contribution in [3.8, 4) is 0 Å². The van der Waals surface area contributed by atoms with Gasteiger partial charge in [-0.2, -0.15) is 0 Å². The predicted molar refractivity (Wildman–Crippen MR) is 83.3 cm³/mol. The molecule has 18 heavy (non-hydrogen) atoms. The fourth-order valence-electron chi connectivity index (χ4n) is 1.80. The van der Waals surface area contributed by atoms with Crippen LogP contribution in [0.5, 0.6) is 0 Å². The van der Waals surface area contributed by atoms with E-state index in [2.05, 4.69) is 77.3 Å². The van der Waals surface area contributed by atoms with E-state index in [1.807, 2.05) is 0 Å². The summed E-state index contributed by atoms with van der Waals surface area (Å²) in [6.07, 6.45) is 0. The molecule has 0 saturated carbocycles. The summed E-state index contributed by atoms with van der Waals surface area (Å²) in [6.45, 7) is 6.14. The molecule has 0 saturated heterocycles. The van der Waals surface area contributed by atoms with Gasteiger partial charge >= 0.3 is 0 Å². The van der Waals surface area contributed by atoms with Gasteiger partial charge in [0.1, 0.15) is 0 Å². The number of halogens is 1. The van der Waals surface area contributed by atoms with E-state index in [1.54, 1.807) is 0 Å². The van der Waals surface area contributed by atoms with Gasteiger partial charge in [-0.15, -0.1) is 0 Å². The summed E-state index contributed by atoms with van der Waals surface area (Å²) < 4.78 is 1.14. The van der Waals surface area contributed by atoms with Crippen molar-refractivity contribution in [1.29, 1.82) is 0 Å². The summed E-state index contributed by atoms with van der Waals surface area (Å²) >= 11 is 3.55. The molecule has 0 aliphatic rings. The minimum atomic E-state index is 0.914. The molecule has 4 heteroatoms. The number of nitrogens with one attached hydrogen (secondary N) is 1. The molecule has 0 amide bonds. The van der Waals surface area contributed by atoms with Crippen molar-refractivity contribution < 1.29 is 0 Å². The highest BCUT2D eigenvalue weighted by Gasteiger charge is 2.08. The van der Waals surface area contributed by atoms with E-state index in [9.17, 15) is 0 Å². The highest BCUT2D eigenvalue weighted by Crippen LogP contribution is 2.23. The van der Waals surface area contributed by atoms with Crippen molar-refractivity contribution in [3.05, 3.63) is 28.2 Å². The Morgan fingerprint density at radius 3 is 2.50 bits per heavy atom. The lowest BCUT2D eigenvalue weighted by molar-refractivity contribution is 0.416. The summed E-state index contributed by atoms with van der Waals surface area (Å²) in [5, 5.41) is 3.39. The third-order valence-electron chi connectivity index (χ3n) is 2.90. The van der Waals surface area contributed by atoms with Crippen molar-refractivity contribution in [2.75, 3.05) is 45.7 Å². The first-order chi connectivity index (χ1) is 8.54. The van der Waals surface area contributed by atoms with Crippen molar-refractivity contribution in [2.24, 2.45) is 0 Å². The molecule has 1 rings (SSSR count). The van der Waals surface area contributed by atoms with E-state index in [0.717, 1.165) is 30.7 Å². The lowest BCUT2D eigenvalue weighted by Gasteiger charge is -2.24. The van der Waals surface area contributed by atoms with Crippen LogP contribution >= 0.6 is 15.9 Å². The van der Waals surface area contributed by atoms with Gasteiger partial charge in [0.15, 0.2) is 0 Å². The average molecular weight is 314 g/mol. The van der Waals surface area contributed by atoms with Gasteiger partial charge in [-0.05, 0) is 44.4 Å². The van der Waals surface area contributed by atoms with Crippen molar-refractivity contribution >= 4 is 21.6 Å². The first-order valence-corrected chi connectivity index (χ1v) is 7.19. The van der Waals surface area contributed by atoms with Crippen LogP contribution in [0.1, 0.15) is 12.5 Å². The number of hydrogen-bond acceptors (Lipinski definition) is 3. The zero-order valence-electron chi connectivity index (χ0n) is 11.8. The van der Waals surface area contributed by atoms with E-state index >= 15 is 0 Å². The normalized spacial score (nSPS) is 11.0. The highest BCUT2D eigenvalue weighted by atomic mass is 79.9. The van der Waals surface area contributed by atoms with Gasteiger partial charge in [0.25, 0.3) is 0 Å². The lowest BCUT2D eigenvalue weighted by atomic mass is 10.1. The SMILES string of the molecule is CCNCc1cc(Br)ccc1N(C)CCN(C)C. The Balaban J connectivity index is 2.78. The average Bonchev–Trinajstić information content (AvgIpc) is 2.33. The summed E-state index contributed by atoms with van der Waals surface area (Å²) in [5.41, 5.74) is 2.65. The first kappa shape index (κ1) is 15.5. The zero-order chi connectivity index (χ0) is 13.5. The molecule has 0 atom stereocenters. The van der Waals surface area contributed by atoms with E-state index in [-0.39, 0.29) is 0 Å². The fraction of sp³-hybridized carbons (Fsp3) is 0.571. The second-order valence-electron chi connectivity index (χ2n) is 4.78. The molecule has 3 nitrogen and oxygen atoms in total. The molecule has 102 valence electrons. The molecule has 0 radical (unpaired) electrons. The molecule has 0 aliphatic carbocycles. The summed E-state index contributed by atoms with van der Waals surface area (Å²) in [6, 6.07) is 6.49. The molecule has 1 N–H and O–H groups in total. The molecule has 0 aliphatic heterocycles. The van der Waals surface area contributed by atoms with Crippen LogP contribution in [0.15, 0.2) is 22.7 Å². The molecule has 1 aromatic carbocycles. The zero-order valence-corrected chi connectivity index (χ0v) is 13.4. The molecule has 0 aromatic heterocycles. The van der Waals surface area contributed by atoms with Crippen LogP contribution in [0.4, 0.5) is 5.69 Å². The number of anilines is 1.